The SMILES string of the molecule is [2H]C([2H])([2H])OC1Nc2cc3ccccc3cc2N(CC)C1OC([2H])([2H])[2H]. The predicted molar refractivity (Wildman–Crippen MR) is 82.2 cm³/mol. The molecule has 1 N–H and O–H groups in total. The van der Waals surface area contributed by atoms with Crippen LogP contribution in [0.5, 0.6) is 0 Å². The minimum Gasteiger partial charge on any atom is -0.357 e. The third kappa shape index (κ3) is 2.01. The van der Waals surface area contributed by atoms with Gasteiger partial charge in [-0.3, -0.25) is 0 Å². The van der Waals surface area contributed by atoms with E-state index in [0.717, 1.165) is 16.5 Å². The van der Waals surface area contributed by atoms with Gasteiger partial charge in [-0.05, 0) is 29.8 Å². The van der Waals surface area contributed by atoms with E-state index in [-0.39, 0.29) is 0 Å². The Hall–Kier alpha value is -1.78. The Labute approximate surface area is 127 Å². The van der Waals surface area contributed by atoms with Crippen molar-refractivity contribution in [1.29, 1.82) is 0 Å². The number of likely N-dealkylation sites (N-methyl/N-ethyl adjacent to an activating group) is 1. The molecular weight excluding hydrogens is 252 g/mol. The van der Waals surface area contributed by atoms with Gasteiger partial charge in [0.15, 0.2) is 12.5 Å². The first-order valence-corrected chi connectivity index (χ1v) is 6.49. The van der Waals surface area contributed by atoms with E-state index in [1.54, 1.807) is 4.90 Å². The molecule has 1 heterocycles. The Balaban J connectivity index is 2.08. The van der Waals surface area contributed by atoms with Crippen LogP contribution in [0.3, 0.4) is 0 Å². The zero-order valence-corrected chi connectivity index (χ0v) is 11.1. The van der Waals surface area contributed by atoms with E-state index < -0.39 is 26.5 Å². The zero-order chi connectivity index (χ0) is 19.1. The zero-order valence-electron chi connectivity index (χ0n) is 17.1. The Morgan fingerprint density at radius 1 is 1.20 bits per heavy atom. The molecule has 4 nitrogen and oxygen atoms in total. The molecule has 20 heavy (non-hydrogen) atoms. The summed E-state index contributed by atoms with van der Waals surface area (Å²) in [6.45, 7) is 2.25. The van der Waals surface area contributed by atoms with Gasteiger partial charge in [0.05, 0.1) is 19.6 Å². The highest BCUT2D eigenvalue weighted by molar-refractivity contribution is 5.93. The first-order chi connectivity index (χ1) is 12.1. The largest absolute Gasteiger partial charge is 0.357 e. The second-order valence-electron chi connectivity index (χ2n) is 4.69. The highest BCUT2D eigenvalue weighted by atomic mass is 16.5. The summed E-state index contributed by atoms with van der Waals surface area (Å²) >= 11 is 0. The van der Waals surface area contributed by atoms with Crippen LogP contribution in [0, 0.1) is 0 Å². The van der Waals surface area contributed by atoms with Crippen LogP contribution in [0.1, 0.15) is 15.1 Å². The van der Waals surface area contributed by atoms with Crippen LogP contribution in [0.2, 0.25) is 0 Å². The smallest absolute Gasteiger partial charge is 0.175 e. The number of fused-ring (bicyclic) bond motifs is 2. The third-order valence-corrected chi connectivity index (χ3v) is 3.63. The molecule has 3 rings (SSSR count). The minimum atomic E-state index is -2.71. The average Bonchev–Trinajstić information content (AvgIpc) is 2.51. The fraction of sp³-hybridized carbons (Fsp3) is 0.375. The lowest BCUT2D eigenvalue weighted by Gasteiger charge is -2.42. The number of nitrogens with zero attached hydrogens (tertiary/aromatic N) is 1. The van der Waals surface area contributed by atoms with Gasteiger partial charge < -0.3 is 19.7 Å². The number of anilines is 2. The van der Waals surface area contributed by atoms with Gasteiger partial charge in [0.25, 0.3) is 0 Å². The van der Waals surface area contributed by atoms with E-state index in [4.69, 9.17) is 17.7 Å². The van der Waals surface area contributed by atoms with E-state index >= 15 is 0 Å². The molecule has 0 bridgehead atoms. The average molecular weight is 278 g/mol. The molecule has 1 aliphatic heterocycles. The number of hydrogen-bond acceptors (Lipinski definition) is 4. The van der Waals surface area contributed by atoms with Crippen molar-refractivity contribution < 1.29 is 17.7 Å². The Morgan fingerprint density at radius 3 is 2.65 bits per heavy atom. The molecule has 0 aromatic heterocycles. The van der Waals surface area contributed by atoms with E-state index in [2.05, 4.69) is 5.32 Å². The summed E-state index contributed by atoms with van der Waals surface area (Å²) in [6, 6.07) is 11.5. The van der Waals surface area contributed by atoms with Gasteiger partial charge in [-0.1, -0.05) is 24.3 Å². The van der Waals surface area contributed by atoms with Gasteiger partial charge in [-0.25, -0.2) is 0 Å². The highest BCUT2D eigenvalue weighted by Crippen LogP contribution is 2.37. The molecule has 0 radical (unpaired) electrons. The lowest BCUT2D eigenvalue weighted by molar-refractivity contribution is -0.0247. The minimum absolute atomic E-state index is 0.411. The lowest BCUT2D eigenvalue weighted by atomic mass is 10.1. The molecule has 2 atom stereocenters. The normalized spacial score (nSPS) is 27.4. The van der Waals surface area contributed by atoms with E-state index in [1.807, 2.05) is 43.3 Å². The summed E-state index contributed by atoms with van der Waals surface area (Å²) < 4.78 is 54.7. The van der Waals surface area contributed by atoms with Crippen LogP contribution in [0.15, 0.2) is 36.4 Å². The van der Waals surface area contributed by atoms with Crippen molar-refractivity contribution in [3.63, 3.8) is 0 Å². The van der Waals surface area contributed by atoms with Crippen molar-refractivity contribution in [2.75, 3.05) is 30.8 Å². The molecular formula is C16H20N2O2. The quantitative estimate of drug-likeness (QED) is 0.935. The van der Waals surface area contributed by atoms with Crippen LogP contribution < -0.4 is 10.2 Å². The van der Waals surface area contributed by atoms with Crippen molar-refractivity contribution in [2.45, 2.75) is 19.4 Å². The molecule has 1 aliphatic rings. The first kappa shape index (κ1) is 7.86. The molecule has 0 spiro atoms. The molecule has 0 amide bonds. The van der Waals surface area contributed by atoms with E-state index in [0.29, 0.717) is 12.2 Å². The molecule has 0 saturated carbocycles. The maximum Gasteiger partial charge on any atom is 0.175 e. The van der Waals surface area contributed by atoms with Crippen LogP contribution in [-0.2, 0) is 9.47 Å². The summed E-state index contributed by atoms with van der Waals surface area (Å²) in [5.74, 6) is 0. The van der Waals surface area contributed by atoms with Gasteiger partial charge in [0.2, 0.25) is 0 Å². The number of ether oxygens (including phenoxy) is 2. The van der Waals surface area contributed by atoms with Crippen molar-refractivity contribution >= 4 is 22.1 Å². The summed E-state index contributed by atoms with van der Waals surface area (Å²) in [6.07, 6.45) is -2.29. The Morgan fingerprint density at radius 2 is 1.95 bits per heavy atom. The van der Waals surface area contributed by atoms with E-state index in [9.17, 15) is 0 Å². The summed E-state index contributed by atoms with van der Waals surface area (Å²) in [7, 11) is -5.41. The molecule has 2 aromatic rings. The summed E-state index contributed by atoms with van der Waals surface area (Å²) in [4.78, 5) is 1.70. The van der Waals surface area contributed by atoms with Crippen molar-refractivity contribution in [2.24, 2.45) is 0 Å². The number of methoxy groups -OCH3 is 2. The van der Waals surface area contributed by atoms with Crippen molar-refractivity contribution in [3.05, 3.63) is 36.4 Å². The first-order valence-electron chi connectivity index (χ1n) is 9.49. The van der Waals surface area contributed by atoms with E-state index in [1.165, 1.54) is 0 Å². The highest BCUT2D eigenvalue weighted by Gasteiger charge is 2.33. The second-order valence-corrected chi connectivity index (χ2v) is 4.69. The summed E-state index contributed by atoms with van der Waals surface area (Å²) in [5.41, 5.74) is 1.39. The molecule has 4 heteroatoms. The third-order valence-electron chi connectivity index (χ3n) is 3.63. The Bertz CT molecular complexity index is 792. The monoisotopic (exact) mass is 278 g/mol. The molecule has 106 valence electrons. The topological polar surface area (TPSA) is 33.7 Å². The molecule has 0 saturated heterocycles. The van der Waals surface area contributed by atoms with Crippen LogP contribution >= 0.6 is 0 Å². The van der Waals surface area contributed by atoms with Crippen molar-refractivity contribution in [3.8, 4) is 0 Å². The maximum absolute atomic E-state index is 7.43. The van der Waals surface area contributed by atoms with Gasteiger partial charge in [-0.2, -0.15) is 0 Å². The van der Waals surface area contributed by atoms with Gasteiger partial charge in [-0.15, -0.1) is 0 Å². The number of rotatable bonds is 3. The molecule has 2 unspecified atom stereocenters. The van der Waals surface area contributed by atoms with Crippen molar-refractivity contribution in [1.82, 2.24) is 0 Å². The maximum atomic E-state index is 7.43. The summed E-state index contributed by atoms with van der Waals surface area (Å²) in [5, 5.41) is 4.93. The molecule has 0 fully saturated rings. The fourth-order valence-electron chi connectivity index (χ4n) is 2.67. The lowest BCUT2D eigenvalue weighted by Crippen LogP contribution is -2.52. The van der Waals surface area contributed by atoms with Crippen LogP contribution in [0.4, 0.5) is 11.4 Å². The Kier molecular flexibility index (Phi) is 2.08. The van der Waals surface area contributed by atoms with Crippen LogP contribution in [0.25, 0.3) is 10.8 Å². The van der Waals surface area contributed by atoms with Gasteiger partial charge in [0.1, 0.15) is 0 Å². The molecule has 0 aliphatic carbocycles. The fourth-order valence-corrected chi connectivity index (χ4v) is 2.67. The second kappa shape index (κ2) is 5.31. The van der Waals surface area contributed by atoms with Crippen LogP contribution in [-0.4, -0.2) is 33.1 Å². The number of benzene rings is 2. The number of hydrogen-bond donors (Lipinski definition) is 1. The molecule has 2 aromatic carbocycles. The van der Waals surface area contributed by atoms with Gasteiger partial charge >= 0.3 is 0 Å². The standard InChI is InChI=1S/C16H20N2O2/c1-4-18-14-10-12-8-6-5-7-11(12)9-13(14)17-15(19-2)16(18)20-3/h5-10,15-17H,4H2,1-3H3/i2D3,3D3. The predicted octanol–water partition coefficient (Wildman–Crippen LogP) is 3.04. The number of nitrogens with one attached hydrogen (secondary N) is 1. The van der Waals surface area contributed by atoms with Gasteiger partial charge in [0, 0.05) is 20.6 Å².